The molecule has 3 heteroatoms. The van der Waals surface area contributed by atoms with E-state index in [-0.39, 0.29) is 0 Å². The average Bonchev–Trinajstić information content (AvgIpc) is 2.63. The number of ether oxygens (including phenoxy) is 1. The minimum Gasteiger partial charge on any atom is -0.374 e. The maximum Gasteiger partial charge on any atom is 0.0718 e. The van der Waals surface area contributed by atoms with Crippen molar-refractivity contribution in [3.63, 3.8) is 0 Å². The summed E-state index contributed by atoms with van der Waals surface area (Å²) in [5.74, 6) is 0. The minimum absolute atomic E-state index is 0.451. The smallest absolute Gasteiger partial charge is 0.0718 e. The van der Waals surface area contributed by atoms with Gasteiger partial charge in [0.05, 0.1) is 12.2 Å². The van der Waals surface area contributed by atoms with Crippen molar-refractivity contribution in [2.75, 3.05) is 19.6 Å². The van der Waals surface area contributed by atoms with Gasteiger partial charge in [-0.25, -0.2) is 5.01 Å². The van der Waals surface area contributed by atoms with Crippen LogP contribution >= 0.6 is 0 Å². The molecule has 0 amide bonds. The fourth-order valence-corrected chi connectivity index (χ4v) is 2.32. The van der Waals surface area contributed by atoms with Crippen LogP contribution in [0.4, 0.5) is 0 Å². The average molecular weight is 198 g/mol. The largest absolute Gasteiger partial charge is 0.374 e. The molecule has 2 rings (SSSR count). The topological polar surface area (TPSA) is 24.5 Å². The zero-order valence-corrected chi connectivity index (χ0v) is 9.17. The lowest BCUT2D eigenvalue weighted by molar-refractivity contribution is 0.0356. The van der Waals surface area contributed by atoms with E-state index in [2.05, 4.69) is 17.4 Å². The molecule has 2 unspecified atom stereocenters. The van der Waals surface area contributed by atoms with Crippen molar-refractivity contribution < 1.29 is 4.74 Å². The monoisotopic (exact) mass is 198 g/mol. The summed E-state index contributed by atoms with van der Waals surface area (Å²) in [6, 6.07) is 0. The maximum absolute atomic E-state index is 5.76. The third-order valence-corrected chi connectivity index (χ3v) is 3.22. The zero-order chi connectivity index (χ0) is 9.80. The Hall–Kier alpha value is -0.120. The fraction of sp³-hybridized carbons (Fsp3) is 1.00. The normalized spacial score (nSPS) is 34.9. The van der Waals surface area contributed by atoms with Crippen LogP contribution in [0.15, 0.2) is 0 Å². The fourth-order valence-electron chi connectivity index (χ4n) is 2.32. The van der Waals surface area contributed by atoms with Gasteiger partial charge in [0.1, 0.15) is 0 Å². The Bertz CT molecular complexity index is 164. The van der Waals surface area contributed by atoms with E-state index >= 15 is 0 Å². The number of rotatable bonds is 3. The van der Waals surface area contributed by atoms with Crippen LogP contribution in [-0.2, 0) is 4.74 Å². The molecule has 1 N–H and O–H groups in total. The predicted octanol–water partition coefficient (Wildman–Crippen LogP) is 1.54. The number of nitrogens with zero attached hydrogens (tertiary/aromatic N) is 1. The molecule has 2 aliphatic rings. The molecule has 2 heterocycles. The van der Waals surface area contributed by atoms with E-state index in [1.54, 1.807) is 0 Å². The molecule has 0 aromatic rings. The van der Waals surface area contributed by atoms with E-state index in [0.717, 1.165) is 6.54 Å². The standard InChI is InChI=1S/C11H22N2O/c1-10-5-6-11(14-10)9-12-13-7-3-2-4-8-13/h10-12H,2-9H2,1H3. The highest BCUT2D eigenvalue weighted by atomic mass is 16.5. The zero-order valence-electron chi connectivity index (χ0n) is 9.17. The molecule has 0 saturated carbocycles. The minimum atomic E-state index is 0.451. The van der Waals surface area contributed by atoms with Gasteiger partial charge in [-0.15, -0.1) is 0 Å². The first-order valence-corrected chi connectivity index (χ1v) is 5.98. The Morgan fingerprint density at radius 3 is 2.64 bits per heavy atom. The summed E-state index contributed by atoms with van der Waals surface area (Å²) in [6.45, 7) is 5.59. The quantitative estimate of drug-likeness (QED) is 0.744. The van der Waals surface area contributed by atoms with E-state index in [0.29, 0.717) is 12.2 Å². The Morgan fingerprint density at radius 1 is 1.21 bits per heavy atom. The highest BCUT2D eigenvalue weighted by Gasteiger charge is 2.22. The van der Waals surface area contributed by atoms with Crippen molar-refractivity contribution in [2.45, 2.75) is 51.2 Å². The van der Waals surface area contributed by atoms with Crippen LogP contribution in [-0.4, -0.2) is 36.9 Å². The van der Waals surface area contributed by atoms with Crippen molar-refractivity contribution in [1.29, 1.82) is 0 Å². The van der Waals surface area contributed by atoms with E-state index < -0.39 is 0 Å². The van der Waals surface area contributed by atoms with Crippen LogP contribution < -0.4 is 5.43 Å². The molecule has 0 radical (unpaired) electrons. The molecule has 2 aliphatic heterocycles. The van der Waals surface area contributed by atoms with E-state index in [1.807, 2.05) is 0 Å². The number of nitrogens with one attached hydrogen (secondary N) is 1. The molecular formula is C11H22N2O. The summed E-state index contributed by atoms with van der Waals surface area (Å²) < 4.78 is 5.76. The molecule has 0 aromatic heterocycles. The van der Waals surface area contributed by atoms with Crippen molar-refractivity contribution >= 4 is 0 Å². The van der Waals surface area contributed by atoms with Gasteiger partial charge in [0, 0.05) is 19.6 Å². The van der Waals surface area contributed by atoms with Crippen molar-refractivity contribution in [2.24, 2.45) is 0 Å². The Kier molecular flexibility index (Phi) is 3.79. The first kappa shape index (κ1) is 10.4. The third kappa shape index (κ3) is 2.94. The lowest BCUT2D eigenvalue weighted by Crippen LogP contribution is -2.44. The molecule has 2 saturated heterocycles. The number of hydrogen-bond donors (Lipinski definition) is 1. The van der Waals surface area contributed by atoms with Crippen molar-refractivity contribution in [1.82, 2.24) is 10.4 Å². The Balaban J connectivity index is 1.61. The van der Waals surface area contributed by atoms with Crippen molar-refractivity contribution in [3.8, 4) is 0 Å². The van der Waals surface area contributed by atoms with Crippen LogP contribution in [0.5, 0.6) is 0 Å². The second-order valence-corrected chi connectivity index (χ2v) is 4.56. The number of piperidine rings is 1. The summed E-state index contributed by atoms with van der Waals surface area (Å²) >= 11 is 0. The second-order valence-electron chi connectivity index (χ2n) is 4.56. The van der Waals surface area contributed by atoms with Gasteiger partial charge in [0.15, 0.2) is 0 Å². The van der Waals surface area contributed by atoms with Gasteiger partial charge in [-0.3, -0.25) is 5.43 Å². The number of hydrazine groups is 1. The molecule has 0 aliphatic carbocycles. The van der Waals surface area contributed by atoms with Gasteiger partial charge >= 0.3 is 0 Å². The van der Waals surface area contributed by atoms with Crippen LogP contribution in [0.2, 0.25) is 0 Å². The van der Waals surface area contributed by atoms with Gasteiger partial charge in [-0.05, 0) is 32.6 Å². The van der Waals surface area contributed by atoms with Crippen LogP contribution in [0.25, 0.3) is 0 Å². The predicted molar refractivity (Wildman–Crippen MR) is 57.0 cm³/mol. The molecular weight excluding hydrogens is 176 g/mol. The summed E-state index contributed by atoms with van der Waals surface area (Å²) in [4.78, 5) is 0. The lowest BCUT2D eigenvalue weighted by atomic mass is 10.2. The molecule has 14 heavy (non-hydrogen) atoms. The first-order valence-electron chi connectivity index (χ1n) is 5.98. The molecule has 82 valence electrons. The van der Waals surface area contributed by atoms with E-state index in [1.165, 1.54) is 45.2 Å². The molecule has 0 aromatic carbocycles. The third-order valence-electron chi connectivity index (χ3n) is 3.22. The maximum atomic E-state index is 5.76. The molecule has 0 bridgehead atoms. The highest BCUT2D eigenvalue weighted by molar-refractivity contribution is 4.72. The van der Waals surface area contributed by atoms with Gasteiger partial charge < -0.3 is 4.74 Å². The van der Waals surface area contributed by atoms with Gasteiger partial charge in [0.25, 0.3) is 0 Å². The van der Waals surface area contributed by atoms with Gasteiger partial charge in [0.2, 0.25) is 0 Å². The SMILES string of the molecule is CC1CCC(CNN2CCCCC2)O1. The molecule has 0 spiro atoms. The molecule has 2 atom stereocenters. The van der Waals surface area contributed by atoms with Crippen LogP contribution in [0.1, 0.15) is 39.0 Å². The summed E-state index contributed by atoms with van der Waals surface area (Å²) in [7, 11) is 0. The molecule has 3 nitrogen and oxygen atoms in total. The van der Waals surface area contributed by atoms with Gasteiger partial charge in [-0.2, -0.15) is 0 Å². The van der Waals surface area contributed by atoms with E-state index in [9.17, 15) is 0 Å². The van der Waals surface area contributed by atoms with Crippen molar-refractivity contribution in [3.05, 3.63) is 0 Å². The second kappa shape index (κ2) is 5.10. The Labute approximate surface area is 86.8 Å². The summed E-state index contributed by atoms with van der Waals surface area (Å²) in [6.07, 6.45) is 7.46. The Morgan fingerprint density at radius 2 is 2.00 bits per heavy atom. The summed E-state index contributed by atoms with van der Waals surface area (Å²) in [5.41, 5.74) is 3.49. The highest BCUT2D eigenvalue weighted by Crippen LogP contribution is 2.18. The number of hydrogen-bond acceptors (Lipinski definition) is 3. The molecule has 2 fully saturated rings. The van der Waals surface area contributed by atoms with Crippen LogP contribution in [0.3, 0.4) is 0 Å². The first-order chi connectivity index (χ1) is 6.84. The van der Waals surface area contributed by atoms with Gasteiger partial charge in [-0.1, -0.05) is 6.42 Å². The van der Waals surface area contributed by atoms with E-state index in [4.69, 9.17) is 4.74 Å². The summed E-state index contributed by atoms with van der Waals surface area (Å²) in [5, 5.41) is 2.36. The van der Waals surface area contributed by atoms with Crippen LogP contribution in [0, 0.1) is 0 Å². The lowest BCUT2D eigenvalue weighted by Gasteiger charge is -2.28.